The molecule has 112 valence electrons. The lowest BCUT2D eigenvalue weighted by Crippen LogP contribution is -2.21. The molecular weight excluding hydrogens is 300 g/mol. The molecular formula is C15H15ClN6. The van der Waals surface area contributed by atoms with Gasteiger partial charge in [-0.25, -0.2) is 9.97 Å². The topological polar surface area (TPSA) is 92.5 Å². The van der Waals surface area contributed by atoms with Gasteiger partial charge in [-0.1, -0.05) is 29.8 Å². The molecule has 0 aliphatic heterocycles. The zero-order chi connectivity index (χ0) is 15.4. The average molecular weight is 315 g/mol. The number of hydrogen-bond donors (Lipinski definition) is 3. The number of benzene rings is 1. The minimum absolute atomic E-state index is 0.152. The normalized spacial score (nSPS) is 12.1. The molecule has 22 heavy (non-hydrogen) atoms. The van der Waals surface area contributed by atoms with Gasteiger partial charge in [-0.3, -0.25) is 5.10 Å². The van der Waals surface area contributed by atoms with Crippen LogP contribution in [0.1, 0.15) is 11.9 Å². The van der Waals surface area contributed by atoms with Gasteiger partial charge in [0.25, 0.3) is 0 Å². The predicted molar refractivity (Wildman–Crippen MR) is 86.5 cm³/mol. The fourth-order valence-electron chi connectivity index (χ4n) is 2.08. The summed E-state index contributed by atoms with van der Waals surface area (Å²) in [4.78, 5) is 8.44. The van der Waals surface area contributed by atoms with Crippen LogP contribution in [0.4, 0.5) is 5.69 Å². The summed E-state index contributed by atoms with van der Waals surface area (Å²) in [6.07, 6.45) is 1.62. The van der Waals surface area contributed by atoms with Gasteiger partial charge < -0.3 is 11.1 Å². The molecule has 0 spiro atoms. The van der Waals surface area contributed by atoms with E-state index in [1.54, 1.807) is 18.3 Å². The zero-order valence-electron chi connectivity index (χ0n) is 11.7. The van der Waals surface area contributed by atoms with Crippen molar-refractivity contribution in [3.63, 3.8) is 0 Å². The van der Waals surface area contributed by atoms with Crippen molar-refractivity contribution in [2.24, 2.45) is 5.73 Å². The third-order valence-corrected chi connectivity index (χ3v) is 3.37. The monoisotopic (exact) mass is 314 g/mol. The lowest BCUT2D eigenvalue weighted by atomic mass is 10.2. The Bertz CT molecular complexity index is 743. The average Bonchev–Trinajstić information content (AvgIpc) is 3.03. The molecule has 2 aromatic heterocycles. The minimum Gasteiger partial charge on any atom is -0.374 e. The number of nitrogens with one attached hydrogen (secondary N) is 2. The smallest absolute Gasteiger partial charge is 0.181 e. The van der Waals surface area contributed by atoms with E-state index >= 15 is 0 Å². The van der Waals surface area contributed by atoms with E-state index in [0.717, 1.165) is 11.3 Å². The number of rotatable bonds is 5. The van der Waals surface area contributed by atoms with Crippen molar-refractivity contribution < 1.29 is 0 Å². The highest BCUT2D eigenvalue weighted by Crippen LogP contribution is 2.20. The molecule has 0 fully saturated rings. The number of aromatic nitrogens is 4. The van der Waals surface area contributed by atoms with Gasteiger partial charge in [0.1, 0.15) is 11.0 Å². The summed E-state index contributed by atoms with van der Waals surface area (Å²) in [5, 5.41) is 10.9. The van der Waals surface area contributed by atoms with Crippen molar-refractivity contribution in [1.82, 2.24) is 20.2 Å². The molecule has 3 aromatic rings. The third-order valence-electron chi connectivity index (χ3n) is 3.17. The third kappa shape index (κ3) is 3.24. The van der Waals surface area contributed by atoms with Crippen molar-refractivity contribution in [2.45, 2.75) is 6.04 Å². The van der Waals surface area contributed by atoms with Crippen LogP contribution in [0.5, 0.6) is 0 Å². The Labute approximate surface area is 132 Å². The fourth-order valence-corrected chi connectivity index (χ4v) is 2.25. The first-order valence-electron chi connectivity index (χ1n) is 6.82. The molecule has 4 N–H and O–H groups in total. The van der Waals surface area contributed by atoms with Crippen LogP contribution in [0.2, 0.25) is 5.15 Å². The SMILES string of the molecule is NCC(Nc1ccccc1)c1nc(-c2ccnc(Cl)c2)n[nH]1. The van der Waals surface area contributed by atoms with E-state index in [-0.39, 0.29) is 6.04 Å². The zero-order valence-corrected chi connectivity index (χ0v) is 12.5. The molecule has 6 nitrogen and oxygen atoms in total. The summed E-state index contributed by atoms with van der Waals surface area (Å²) in [6.45, 7) is 0.390. The molecule has 1 aromatic carbocycles. The van der Waals surface area contributed by atoms with E-state index in [2.05, 4.69) is 25.5 Å². The summed E-state index contributed by atoms with van der Waals surface area (Å²) in [7, 11) is 0. The van der Waals surface area contributed by atoms with Crippen LogP contribution in [0.15, 0.2) is 48.7 Å². The summed E-state index contributed by atoms with van der Waals surface area (Å²) >= 11 is 5.89. The minimum atomic E-state index is -0.152. The maximum Gasteiger partial charge on any atom is 0.181 e. The maximum absolute atomic E-state index is 5.89. The van der Waals surface area contributed by atoms with E-state index < -0.39 is 0 Å². The standard InChI is InChI=1S/C15H15ClN6/c16-13-8-10(6-7-18-13)14-20-15(22-21-14)12(9-17)19-11-4-2-1-3-5-11/h1-8,12,19H,9,17H2,(H,20,21,22). The summed E-state index contributed by atoms with van der Waals surface area (Å²) in [5.74, 6) is 1.24. The molecule has 3 rings (SSSR count). The van der Waals surface area contributed by atoms with Crippen molar-refractivity contribution in [3.8, 4) is 11.4 Å². The van der Waals surface area contributed by atoms with Crippen LogP contribution in [0, 0.1) is 0 Å². The number of halogens is 1. The number of H-pyrrole nitrogens is 1. The van der Waals surface area contributed by atoms with Gasteiger partial charge in [0.15, 0.2) is 5.82 Å². The highest BCUT2D eigenvalue weighted by molar-refractivity contribution is 6.29. The van der Waals surface area contributed by atoms with E-state index in [1.165, 1.54) is 0 Å². The van der Waals surface area contributed by atoms with Crippen molar-refractivity contribution in [2.75, 3.05) is 11.9 Å². The van der Waals surface area contributed by atoms with Gasteiger partial charge in [0.05, 0.1) is 6.04 Å². The van der Waals surface area contributed by atoms with Gasteiger partial charge >= 0.3 is 0 Å². The summed E-state index contributed by atoms with van der Waals surface area (Å²) in [5.41, 5.74) is 7.62. The Kier molecular flexibility index (Phi) is 4.32. The van der Waals surface area contributed by atoms with Crippen molar-refractivity contribution >= 4 is 17.3 Å². The first-order valence-corrected chi connectivity index (χ1v) is 7.20. The van der Waals surface area contributed by atoms with Gasteiger partial charge in [-0.15, -0.1) is 0 Å². The summed E-state index contributed by atoms with van der Waals surface area (Å²) in [6, 6.07) is 13.2. The second-order valence-corrected chi connectivity index (χ2v) is 5.10. The molecule has 0 bridgehead atoms. The molecule has 1 unspecified atom stereocenters. The summed E-state index contributed by atoms with van der Waals surface area (Å²) < 4.78 is 0. The number of aromatic amines is 1. The Hall–Kier alpha value is -2.44. The Balaban J connectivity index is 1.82. The molecule has 7 heteroatoms. The van der Waals surface area contributed by atoms with Crippen molar-refractivity contribution in [1.29, 1.82) is 0 Å². The van der Waals surface area contributed by atoms with Crippen LogP contribution in [-0.4, -0.2) is 26.7 Å². The van der Waals surface area contributed by atoms with Crippen LogP contribution >= 0.6 is 11.6 Å². The molecule has 0 radical (unpaired) electrons. The number of pyridine rings is 1. The second-order valence-electron chi connectivity index (χ2n) is 4.71. The van der Waals surface area contributed by atoms with E-state index in [0.29, 0.717) is 23.3 Å². The van der Waals surface area contributed by atoms with Crippen LogP contribution in [0.3, 0.4) is 0 Å². The first kappa shape index (κ1) is 14.5. The second kappa shape index (κ2) is 6.55. The lowest BCUT2D eigenvalue weighted by Gasteiger charge is -2.15. The maximum atomic E-state index is 5.89. The fraction of sp³-hybridized carbons (Fsp3) is 0.133. The first-order chi connectivity index (χ1) is 10.8. The highest BCUT2D eigenvalue weighted by Gasteiger charge is 2.15. The number of hydrogen-bond acceptors (Lipinski definition) is 5. The highest BCUT2D eigenvalue weighted by atomic mass is 35.5. The molecule has 0 aliphatic carbocycles. The van der Waals surface area contributed by atoms with Gasteiger partial charge in [-0.05, 0) is 24.3 Å². The van der Waals surface area contributed by atoms with E-state index in [4.69, 9.17) is 17.3 Å². The van der Waals surface area contributed by atoms with E-state index in [1.807, 2.05) is 30.3 Å². The van der Waals surface area contributed by atoms with Crippen LogP contribution < -0.4 is 11.1 Å². The lowest BCUT2D eigenvalue weighted by molar-refractivity contribution is 0.730. The Morgan fingerprint density at radius 3 is 2.77 bits per heavy atom. The Morgan fingerprint density at radius 2 is 2.05 bits per heavy atom. The molecule has 0 amide bonds. The van der Waals surface area contributed by atoms with E-state index in [9.17, 15) is 0 Å². The van der Waals surface area contributed by atoms with Gasteiger partial charge in [0.2, 0.25) is 0 Å². The molecule has 0 saturated heterocycles. The molecule has 2 heterocycles. The van der Waals surface area contributed by atoms with Gasteiger partial charge in [-0.2, -0.15) is 5.10 Å². The predicted octanol–water partition coefficient (Wildman–Crippen LogP) is 2.63. The number of anilines is 1. The van der Waals surface area contributed by atoms with Crippen LogP contribution in [-0.2, 0) is 0 Å². The molecule has 0 saturated carbocycles. The molecule has 1 atom stereocenters. The number of para-hydroxylation sites is 1. The van der Waals surface area contributed by atoms with Crippen LogP contribution in [0.25, 0.3) is 11.4 Å². The quantitative estimate of drug-likeness (QED) is 0.630. The molecule has 0 aliphatic rings. The number of nitrogens with zero attached hydrogens (tertiary/aromatic N) is 3. The van der Waals surface area contributed by atoms with Crippen molar-refractivity contribution in [3.05, 3.63) is 59.6 Å². The number of nitrogens with two attached hydrogens (primary N) is 1. The van der Waals surface area contributed by atoms with Gasteiger partial charge in [0, 0.05) is 24.0 Å². The Morgan fingerprint density at radius 1 is 1.23 bits per heavy atom. The largest absolute Gasteiger partial charge is 0.374 e.